The Bertz CT molecular complexity index is 1300. The van der Waals surface area contributed by atoms with E-state index in [4.69, 9.17) is 4.98 Å². The van der Waals surface area contributed by atoms with Gasteiger partial charge in [0, 0.05) is 35.0 Å². The second-order valence-corrected chi connectivity index (χ2v) is 7.74. The second kappa shape index (κ2) is 6.38. The molecule has 2 aliphatic rings. The third kappa shape index (κ3) is 2.99. The van der Waals surface area contributed by atoms with Gasteiger partial charge in [0.05, 0.1) is 11.4 Å². The predicted molar refractivity (Wildman–Crippen MR) is 119 cm³/mol. The molecular weight excluding hydrogens is 342 g/mol. The van der Waals surface area contributed by atoms with Crippen LogP contribution in [0.2, 0.25) is 0 Å². The first-order valence-corrected chi connectivity index (χ1v) is 9.69. The third-order valence-electron chi connectivity index (χ3n) is 5.76. The van der Waals surface area contributed by atoms with Crippen LogP contribution in [0.4, 0.5) is 0 Å². The first-order valence-electron chi connectivity index (χ1n) is 9.69. The van der Waals surface area contributed by atoms with Gasteiger partial charge in [-0.1, -0.05) is 24.6 Å². The van der Waals surface area contributed by atoms with Crippen LogP contribution in [0.25, 0.3) is 40.3 Å². The first-order chi connectivity index (χ1) is 13.5. The highest BCUT2D eigenvalue weighted by Crippen LogP contribution is 2.30. The van der Waals surface area contributed by atoms with Crippen molar-refractivity contribution in [3.8, 4) is 0 Å². The van der Waals surface area contributed by atoms with Crippen LogP contribution in [-0.4, -0.2) is 14.5 Å². The summed E-state index contributed by atoms with van der Waals surface area (Å²) in [6.07, 6.45) is 6.41. The minimum Gasteiger partial charge on any atom is -0.355 e. The van der Waals surface area contributed by atoms with Crippen molar-refractivity contribution in [3.05, 3.63) is 82.7 Å². The molecule has 1 aliphatic heterocycles. The van der Waals surface area contributed by atoms with Crippen LogP contribution in [0.15, 0.2) is 60.2 Å². The minimum atomic E-state index is 0.408. The normalized spacial score (nSPS) is 16.1. The Morgan fingerprint density at radius 1 is 0.857 bits per heavy atom. The summed E-state index contributed by atoms with van der Waals surface area (Å²) in [7, 11) is 2.12. The van der Waals surface area contributed by atoms with Crippen LogP contribution in [0.3, 0.4) is 0 Å². The van der Waals surface area contributed by atoms with Crippen LogP contribution >= 0.6 is 0 Å². The van der Waals surface area contributed by atoms with Gasteiger partial charge in [-0.25, -0.2) is 4.98 Å². The third-order valence-corrected chi connectivity index (χ3v) is 5.76. The zero-order valence-electron chi connectivity index (χ0n) is 16.4. The van der Waals surface area contributed by atoms with E-state index >= 15 is 0 Å². The molecule has 1 aliphatic carbocycles. The molecule has 0 fully saturated rings. The van der Waals surface area contributed by atoms with E-state index in [0.29, 0.717) is 5.92 Å². The molecule has 3 aromatic rings. The number of allylic oxidation sites excluding steroid dienone is 1. The molecule has 138 valence electrons. The zero-order valence-corrected chi connectivity index (χ0v) is 16.4. The van der Waals surface area contributed by atoms with Crippen molar-refractivity contribution in [3.63, 3.8) is 0 Å². The molecule has 3 heteroatoms. The summed E-state index contributed by atoms with van der Waals surface area (Å²) < 4.78 is 2.23. The van der Waals surface area contributed by atoms with E-state index in [2.05, 4.69) is 103 Å². The van der Waals surface area contributed by atoms with Crippen molar-refractivity contribution >= 4 is 40.3 Å². The van der Waals surface area contributed by atoms with Gasteiger partial charge in [0.2, 0.25) is 0 Å². The van der Waals surface area contributed by atoms with E-state index in [9.17, 15) is 0 Å². The van der Waals surface area contributed by atoms with Crippen LogP contribution in [0.1, 0.15) is 42.3 Å². The number of nitrogens with zero attached hydrogens (tertiary/aromatic N) is 2. The highest BCUT2D eigenvalue weighted by atomic mass is 14.9. The Labute approximate surface area is 164 Å². The maximum atomic E-state index is 4.73. The Hall–Kier alpha value is -3.33. The molecule has 1 atom stereocenters. The highest BCUT2D eigenvalue weighted by molar-refractivity contribution is 5.75. The summed E-state index contributed by atoms with van der Waals surface area (Å²) in [5, 5.41) is 0. The molecule has 0 aromatic carbocycles. The van der Waals surface area contributed by atoms with Gasteiger partial charge in [0.25, 0.3) is 0 Å². The molecule has 1 unspecified atom stereocenters. The molecular formula is C25H23N3. The van der Waals surface area contributed by atoms with Gasteiger partial charge < -0.3 is 9.55 Å². The number of hydrogen-bond acceptors (Lipinski definition) is 1. The summed E-state index contributed by atoms with van der Waals surface area (Å²) in [5.41, 5.74) is 10.4. The lowest BCUT2D eigenvalue weighted by molar-refractivity contribution is 0.893. The summed E-state index contributed by atoms with van der Waals surface area (Å²) >= 11 is 0. The van der Waals surface area contributed by atoms with Crippen LogP contribution in [0, 0.1) is 0 Å². The Morgan fingerprint density at radius 2 is 1.54 bits per heavy atom. The molecule has 28 heavy (non-hydrogen) atoms. The number of H-pyrrole nitrogens is 1. The fourth-order valence-electron chi connectivity index (χ4n) is 3.91. The SMILES string of the molecule is CC1=Cc2cc(cc3ccc(cc4nc(cc5ccc(c2)[nH]5)C=C4)n3C)C1C. The average Bonchev–Trinajstić information content (AvgIpc) is 3.37. The average molecular weight is 365 g/mol. The lowest BCUT2D eigenvalue weighted by atomic mass is 9.88. The van der Waals surface area contributed by atoms with Gasteiger partial charge in [-0.3, -0.25) is 0 Å². The van der Waals surface area contributed by atoms with Crippen molar-refractivity contribution in [1.29, 1.82) is 0 Å². The fraction of sp³-hybridized carbons (Fsp3) is 0.160. The lowest BCUT2D eigenvalue weighted by Gasteiger charge is -2.17. The topological polar surface area (TPSA) is 33.6 Å². The number of fused-ring (bicyclic) bond motifs is 8. The molecule has 0 spiro atoms. The van der Waals surface area contributed by atoms with E-state index in [1.165, 1.54) is 22.2 Å². The van der Waals surface area contributed by atoms with E-state index in [0.717, 1.165) is 27.9 Å². The standard InChI is InChI=1S/C25H23N3/c1-16-10-18-11-19(17(16)2)13-24-8-9-25(28(24)3)15-23-7-6-22(27-23)14-21-5-4-20(12-18)26-21/h4-15,17,26H,1-3H3. The highest BCUT2D eigenvalue weighted by Gasteiger charge is 2.12. The molecule has 0 saturated heterocycles. The maximum Gasteiger partial charge on any atom is 0.0658 e. The van der Waals surface area contributed by atoms with Crippen molar-refractivity contribution < 1.29 is 0 Å². The minimum absolute atomic E-state index is 0.408. The van der Waals surface area contributed by atoms with Gasteiger partial charge in [0.1, 0.15) is 0 Å². The summed E-state index contributed by atoms with van der Waals surface area (Å²) in [5.74, 6) is 0.408. The summed E-state index contributed by atoms with van der Waals surface area (Å²) in [4.78, 5) is 8.21. The fourth-order valence-corrected chi connectivity index (χ4v) is 3.91. The van der Waals surface area contributed by atoms with Crippen molar-refractivity contribution in [2.24, 2.45) is 7.05 Å². The van der Waals surface area contributed by atoms with E-state index in [1.54, 1.807) is 0 Å². The molecule has 0 amide bonds. The quantitative estimate of drug-likeness (QED) is 0.389. The maximum absolute atomic E-state index is 4.73. The van der Waals surface area contributed by atoms with Crippen molar-refractivity contribution in [2.45, 2.75) is 19.8 Å². The van der Waals surface area contributed by atoms with Gasteiger partial charge in [-0.2, -0.15) is 0 Å². The van der Waals surface area contributed by atoms with Gasteiger partial charge >= 0.3 is 0 Å². The smallest absolute Gasteiger partial charge is 0.0658 e. The lowest BCUT2D eigenvalue weighted by Crippen LogP contribution is -1.99. The van der Waals surface area contributed by atoms with E-state index in [-0.39, 0.29) is 0 Å². The van der Waals surface area contributed by atoms with Crippen LogP contribution in [0.5, 0.6) is 0 Å². The molecule has 0 radical (unpaired) electrons. The number of aryl methyl sites for hydroxylation is 1. The second-order valence-electron chi connectivity index (χ2n) is 7.74. The Balaban J connectivity index is 1.89. The van der Waals surface area contributed by atoms with E-state index < -0.39 is 0 Å². The Morgan fingerprint density at radius 3 is 2.32 bits per heavy atom. The van der Waals surface area contributed by atoms with Crippen LogP contribution < -0.4 is 0 Å². The number of nitrogens with one attached hydrogen (secondary N) is 1. The molecule has 3 nitrogen and oxygen atoms in total. The molecule has 1 N–H and O–H groups in total. The van der Waals surface area contributed by atoms with Gasteiger partial charge in [-0.15, -0.1) is 0 Å². The summed E-state index contributed by atoms with van der Waals surface area (Å²) in [6.45, 7) is 4.49. The first kappa shape index (κ1) is 16.8. The van der Waals surface area contributed by atoms with Gasteiger partial charge in [-0.05, 0) is 78.7 Å². The largest absolute Gasteiger partial charge is 0.355 e. The molecule has 5 rings (SSSR count). The van der Waals surface area contributed by atoms with E-state index in [1.807, 2.05) is 0 Å². The monoisotopic (exact) mass is 365 g/mol. The number of hydrogen-bond donors (Lipinski definition) is 1. The van der Waals surface area contributed by atoms with Gasteiger partial charge in [0.15, 0.2) is 0 Å². The zero-order chi connectivity index (χ0) is 19.3. The molecule has 8 bridgehead atoms. The van der Waals surface area contributed by atoms with Crippen molar-refractivity contribution in [1.82, 2.24) is 14.5 Å². The predicted octanol–water partition coefficient (Wildman–Crippen LogP) is 6.31. The van der Waals surface area contributed by atoms with Crippen LogP contribution in [-0.2, 0) is 7.05 Å². The molecule has 3 aromatic heterocycles. The molecule has 4 heterocycles. The molecule has 0 saturated carbocycles. The number of aromatic nitrogens is 3. The number of rotatable bonds is 0. The Kier molecular flexibility index (Phi) is 3.83. The summed E-state index contributed by atoms with van der Waals surface area (Å²) in [6, 6.07) is 19.6. The number of aromatic amines is 1. The van der Waals surface area contributed by atoms with Crippen molar-refractivity contribution in [2.75, 3.05) is 0 Å².